The Morgan fingerprint density at radius 2 is 2.04 bits per heavy atom. The Morgan fingerprint density at radius 3 is 2.89 bits per heavy atom. The number of pyridine rings is 1. The van der Waals surface area contributed by atoms with E-state index in [9.17, 15) is 9.59 Å². The molecular formula is C22H18N2O4. The van der Waals surface area contributed by atoms with Gasteiger partial charge in [0.1, 0.15) is 17.8 Å². The summed E-state index contributed by atoms with van der Waals surface area (Å²) in [5.74, 6) is -0.524. The van der Waals surface area contributed by atoms with Crippen LogP contribution in [0.25, 0.3) is 16.6 Å². The van der Waals surface area contributed by atoms with E-state index >= 15 is 0 Å². The van der Waals surface area contributed by atoms with Crippen molar-refractivity contribution in [2.45, 2.75) is 32.8 Å². The maximum atomic E-state index is 12.5. The summed E-state index contributed by atoms with van der Waals surface area (Å²) in [5, 5.41) is 0.818. The Hall–Kier alpha value is -3.41. The predicted octanol–water partition coefficient (Wildman–Crippen LogP) is 3.59. The lowest BCUT2D eigenvalue weighted by atomic mass is 10.0. The van der Waals surface area contributed by atoms with Gasteiger partial charge in [0.15, 0.2) is 5.69 Å². The monoisotopic (exact) mass is 374 g/mol. The number of hydrogen-bond donors (Lipinski definition) is 0. The Labute approximate surface area is 160 Å². The molecule has 0 saturated heterocycles. The van der Waals surface area contributed by atoms with E-state index in [-0.39, 0.29) is 12.3 Å². The fourth-order valence-electron chi connectivity index (χ4n) is 3.81. The molecule has 0 fully saturated rings. The van der Waals surface area contributed by atoms with Gasteiger partial charge in [-0.2, -0.15) is 0 Å². The van der Waals surface area contributed by atoms with Gasteiger partial charge in [0.05, 0.1) is 0 Å². The van der Waals surface area contributed by atoms with Crippen LogP contribution >= 0.6 is 0 Å². The number of carbonyl (C=O) groups is 1. The molecule has 140 valence electrons. The van der Waals surface area contributed by atoms with Crippen LogP contribution in [0.5, 0.6) is 0 Å². The number of esters is 1. The van der Waals surface area contributed by atoms with Gasteiger partial charge in [-0.1, -0.05) is 0 Å². The van der Waals surface area contributed by atoms with Crippen molar-refractivity contribution in [2.24, 2.45) is 0 Å². The van der Waals surface area contributed by atoms with Crippen molar-refractivity contribution in [2.75, 3.05) is 0 Å². The number of hydrogen-bond acceptors (Lipinski definition) is 5. The zero-order valence-electron chi connectivity index (χ0n) is 15.4. The summed E-state index contributed by atoms with van der Waals surface area (Å²) in [4.78, 5) is 28.7. The molecule has 0 aliphatic heterocycles. The van der Waals surface area contributed by atoms with Gasteiger partial charge in [0, 0.05) is 29.4 Å². The number of imidazole rings is 1. The number of ether oxygens (including phenoxy) is 1. The van der Waals surface area contributed by atoms with Gasteiger partial charge in [-0.15, -0.1) is 0 Å². The Kier molecular flexibility index (Phi) is 3.79. The molecule has 0 unspecified atom stereocenters. The summed E-state index contributed by atoms with van der Waals surface area (Å²) >= 11 is 0. The van der Waals surface area contributed by atoms with Crippen LogP contribution in [0.1, 0.15) is 39.2 Å². The number of benzene rings is 1. The lowest BCUT2D eigenvalue weighted by Crippen LogP contribution is -2.08. The summed E-state index contributed by atoms with van der Waals surface area (Å²) < 4.78 is 12.6. The van der Waals surface area contributed by atoms with Gasteiger partial charge in [0.25, 0.3) is 0 Å². The first-order valence-corrected chi connectivity index (χ1v) is 9.28. The minimum Gasteiger partial charge on any atom is -0.456 e. The number of rotatable bonds is 3. The standard InChI is InChI=1S/C22H18N2O4/c1-13-5-6-24-11-18(23-20(24)7-13)22(26)27-12-16-10-21(25)28-19-9-15-4-2-3-14(15)8-17(16)19/h5-11H,2-4,12H2,1H3. The normalized spacial score (nSPS) is 13.2. The van der Waals surface area contributed by atoms with Gasteiger partial charge in [-0.05, 0) is 67.1 Å². The van der Waals surface area contributed by atoms with Gasteiger partial charge >= 0.3 is 11.6 Å². The van der Waals surface area contributed by atoms with Crippen molar-refractivity contribution in [3.63, 3.8) is 0 Å². The van der Waals surface area contributed by atoms with Crippen LogP contribution in [0.3, 0.4) is 0 Å². The first-order valence-electron chi connectivity index (χ1n) is 9.28. The summed E-state index contributed by atoms with van der Waals surface area (Å²) in [6, 6.07) is 9.22. The third kappa shape index (κ3) is 2.87. The number of nitrogens with zero attached hydrogens (tertiary/aromatic N) is 2. The molecule has 0 saturated carbocycles. The highest BCUT2D eigenvalue weighted by Crippen LogP contribution is 2.28. The highest BCUT2D eigenvalue weighted by atomic mass is 16.5. The minimum atomic E-state index is -0.524. The van der Waals surface area contributed by atoms with Crippen LogP contribution in [-0.4, -0.2) is 15.4 Å². The first-order chi connectivity index (χ1) is 13.6. The maximum Gasteiger partial charge on any atom is 0.358 e. The molecule has 28 heavy (non-hydrogen) atoms. The topological polar surface area (TPSA) is 73.8 Å². The highest BCUT2D eigenvalue weighted by molar-refractivity contribution is 5.88. The Balaban J connectivity index is 1.44. The number of aromatic nitrogens is 2. The summed E-state index contributed by atoms with van der Waals surface area (Å²) in [5.41, 5.74) is 5.23. The van der Waals surface area contributed by atoms with E-state index in [4.69, 9.17) is 9.15 Å². The maximum absolute atomic E-state index is 12.5. The van der Waals surface area contributed by atoms with E-state index < -0.39 is 11.6 Å². The van der Waals surface area contributed by atoms with Crippen LogP contribution in [0.4, 0.5) is 0 Å². The molecule has 1 aromatic carbocycles. The lowest BCUT2D eigenvalue weighted by molar-refractivity contribution is 0.0467. The summed E-state index contributed by atoms with van der Waals surface area (Å²) in [6.45, 7) is 1.96. The Morgan fingerprint density at radius 1 is 1.21 bits per heavy atom. The zero-order valence-corrected chi connectivity index (χ0v) is 15.4. The fraction of sp³-hybridized carbons (Fsp3) is 0.227. The van der Waals surface area contributed by atoms with E-state index in [0.717, 1.165) is 30.2 Å². The summed E-state index contributed by atoms with van der Waals surface area (Å²) in [7, 11) is 0. The second kappa shape index (κ2) is 6.34. The molecule has 4 aromatic rings. The largest absolute Gasteiger partial charge is 0.456 e. The fourth-order valence-corrected chi connectivity index (χ4v) is 3.81. The van der Waals surface area contributed by atoms with Crippen LogP contribution in [0, 0.1) is 6.92 Å². The zero-order chi connectivity index (χ0) is 19.3. The minimum absolute atomic E-state index is 0.00732. The third-order valence-electron chi connectivity index (χ3n) is 5.23. The van der Waals surface area contributed by atoms with Crippen LogP contribution in [-0.2, 0) is 24.2 Å². The van der Waals surface area contributed by atoms with E-state index in [2.05, 4.69) is 11.1 Å². The average Bonchev–Trinajstić information content (AvgIpc) is 3.29. The van der Waals surface area contributed by atoms with E-state index in [1.807, 2.05) is 31.3 Å². The Bertz CT molecular complexity index is 1300. The molecule has 0 atom stereocenters. The molecule has 1 aliphatic rings. The number of fused-ring (bicyclic) bond motifs is 3. The molecule has 0 N–H and O–H groups in total. The van der Waals surface area contributed by atoms with Crippen LogP contribution in [0.15, 0.2) is 51.9 Å². The van der Waals surface area contributed by atoms with Gasteiger partial charge in [-0.25, -0.2) is 14.6 Å². The quantitative estimate of drug-likeness (QED) is 0.405. The molecule has 1 aliphatic carbocycles. The van der Waals surface area contributed by atoms with Gasteiger partial charge < -0.3 is 13.6 Å². The third-order valence-corrected chi connectivity index (χ3v) is 5.23. The van der Waals surface area contributed by atoms with Crippen molar-refractivity contribution < 1.29 is 13.9 Å². The SMILES string of the molecule is Cc1ccn2cc(C(=O)OCc3cc(=O)oc4cc5c(cc34)CCC5)nc2c1. The van der Waals surface area contributed by atoms with Crippen molar-refractivity contribution in [3.05, 3.63) is 81.1 Å². The molecule has 3 heterocycles. The van der Waals surface area contributed by atoms with Crippen molar-refractivity contribution in [3.8, 4) is 0 Å². The molecule has 0 radical (unpaired) electrons. The van der Waals surface area contributed by atoms with Gasteiger partial charge in [-0.3, -0.25) is 0 Å². The second-order valence-electron chi connectivity index (χ2n) is 7.23. The smallest absolute Gasteiger partial charge is 0.358 e. The second-order valence-corrected chi connectivity index (χ2v) is 7.23. The molecule has 6 heteroatoms. The number of carbonyl (C=O) groups excluding carboxylic acids is 1. The predicted molar refractivity (Wildman–Crippen MR) is 104 cm³/mol. The molecule has 0 bridgehead atoms. The first kappa shape index (κ1) is 16.7. The average molecular weight is 374 g/mol. The van der Waals surface area contributed by atoms with E-state index in [0.29, 0.717) is 16.8 Å². The lowest BCUT2D eigenvalue weighted by Gasteiger charge is -2.08. The van der Waals surface area contributed by atoms with Crippen LogP contribution < -0.4 is 5.63 Å². The molecule has 6 nitrogen and oxygen atoms in total. The molecule has 3 aromatic heterocycles. The number of aryl methyl sites for hydroxylation is 3. The molecule has 0 amide bonds. The molecule has 0 spiro atoms. The van der Waals surface area contributed by atoms with E-state index in [1.54, 1.807) is 10.6 Å². The van der Waals surface area contributed by atoms with E-state index in [1.165, 1.54) is 17.2 Å². The molecule has 5 rings (SSSR count). The van der Waals surface area contributed by atoms with Gasteiger partial charge in [0.2, 0.25) is 0 Å². The summed E-state index contributed by atoms with van der Waals surface area (Å²) in [6.07, 6.45) is 6.62. The van der Waals surface area contributed by atoms with Crippen LogP contribution in [0.2, 0.25) is 0 Å². The molecular weight excluding hydrogens is 356 g/mol. The van der Waals surface area contributed by atoms with Crippen molar-refractivity contribution in [1.82, 2.24) is 9.38 Å². The van der Waals surface area contributed by atoms with Crippen molar-refractivity contribution in [1.29, 1.82) is 0 Å². The van der Waals surface area contributed by atoms with Crippen molar-refractivity contribution >= 4 is 22.6 Å². The highest BCUT2D eigenvalue weighted by Gasteiger charge is 2.17.